The van der Waals surface area contributed by atoms with E-state index in [0.29, 0.717) is 25.3 Å². The highest BCUT2D eigenvalue weighted by Gasteiger charge is 2.46. The van der Waals surface area contributed by atoms with E-state index in [0.717, 1.165) is 6.54 Å². The Balaban J connectivity index is 1.60. The number of rotatable bonds is 5. The lowest BCUT2D eigenvalue weighted by Gasteiger charge is -2.35. The number of nitrogens with one attached hydrogen (secondary N) is 2. The predicted octanol–water partition coefficient (Wildman–Crippen LogP) is 1.29. The van der Waals surface area contributed by atoms with Gasteiger partial charge in [-0.3, -0.25) is 9.59 Å². The number of carbonyl (C=O) groups excluding carboxylic acids is 2. The lowest BCUT2D eigenvalue weighted by molar-refractivity contribution is -0.147. The van der Waals surface area contributed by atoms with E-state index >= 15 is 0 Å². The van der Waals surface area contributed by atoms with Gasteiger partial charge in [0.2, 0.25) is 11.8 Å². The van der Waals surface area contributed by atoms with Crippen molar-refractivity contribution in [3.63, 3.8) is 0 Å². The summed E-state index contributed by atoms with van der Waals surface area (Å²) in [6.07, 6.45) is 1.40. The molecule has 5 heteroatoms. The lowest BCUT2D eigenvalue weighted by atomic mass is 9.99. The van der Waals surface area contributed by atoms with E-state index in [-0.39, 0.29) is 29.9 Å². The highest BCUT2D eigenvalue weighted by molar-refractivity contribution is 5.97. The summed E-state index contributed by atoms with van der Waals surface area (Å²) in [6.45, 7) is 5.52. The molecule has 0 radical (unpaired) electrons. The van der Waals surface area contributed by atoms with Crippen LogP contribution in [0.3, 0.4) is 0 Å². The molecule has 2 N–H and O–H groups in total. The van der Waals surface area contributed by atoms with E-state index < -0.39 is 0 Å². The molecular weight excluding hydrogens is 290 g/mol. The highest BCUT2D eigenvalue weighted by atomic mass is 16.2. The molecule has 3 rings (SSSR count). The van der Waals surface area contributed by atoms with Crippen LogP contribution >= 0.6 is 0 Å². The normalized spacial score (nSPS) is 27.3. The minimum absolute atomic E-state index is 0.000684. The van der Waals surface area contributed by atoms with Crippen molar-refractivity contribution in [3.8, 4) is 0 Å². The standard InChI is InChI=1S/C18H25N3O2/c1-12(2)8-15-18(23)21-11-14(9-16(21)17(22)20-15)19-10-13-6-4-3-5-7-13/h3-7,12,14-16,19H,8-11H2,1-2H3,(H,20,22)/t14-,15+,16-/m0/s1. The molecule has 1 aromatic carbocycles. The van der Waals surface area contributed by atoms with Crippen LogP contribution in [0, 0.1) is 5.92 Å². The SMILES string of the molecule is CC(C)C[C@H]1NC(=O)[C@@H]2C[C@H](NCc3ccccc3)CN2C1=O. The van der Waals surface area contributed by atoms with E-state index in [4.69, 9.17) is 0 Å². The van der Waals surface area contributed by atoms with Crippen LogP contribution in [0.25, 0.3) is 0 Å². The Morgan fingerprint density at radius 2 is 2.00 bits per heavy atom. The molecule has 0 bridgehead atoms. The summed E-state index contributed by atoms with van der Waals surface area (Å²) in [7, 11) is 0. The zero-order chi connectivity index (χ0) is 16.4. The molecule has 23 heavy (non-hydrogen) atoms. The van der Waals surface area contributed by atoms with E-state index in [1.54, 1.807) is 4.90 Å². The third-order valence-corrected chi connectivity index (χ3v) is 4.65. The molecule has 5 nitrogen and oxygen atoms in total. The van der Waals surface area contributed by atoms with Crippen LogP contribution in [0.4, 0.5) is 0 Å². The quantitative estimate of drug-likeness (QED) is 0.861. The summed E-state index contributed by atoms with van der Waals surface area (Å²) in [5, 5.41) is 6.38. The molecule has 1 aromatic rings. The van der Waals surface area contributed by atoms with Gasteiger partial charge in [-0.25, -0.2) is 0 Å². The van der Waals surface area contributed by atoms with Crippen LogP contribution in [0.2, 0.25) is 0 Å². The van der Waals surface area contributed by atoms with Crippen LogP contribution < -0.4 is 10.6 Å². The zero-order valence-corrected chi connectivity index (χ0v) is 13.8. The van der Waals surface area contributed by atoms with Crippen LogP contribution in [0.1, 0.15) is 32.3 Å². The third-order valence-electron chi connectivity index (χ3n) is 4.65. The topological polar surface area (TPSA) is 61.4 Å². The summed E-state index contributed by atoms with van der Waals surface area (Å²) < 4.78 is 0. The van der Waals surface area contributed by atoms with Crippen molar-refractivity contribution in [2.24, 2.45) is 5.92 Å². The second-order valence-corrected chi connectivity index (χ2v) is 7.00. The Morgan fingerprint density at radius 1 is 1.26 bits per heavy atom. The van der Waals surface area contributed by atoms with Gasteiger partial charge in [-0.05, 0) is 24.3 Å². The van der Waals surface area contributed by atoms with Crippen LogP contribution in [-0.2, 0) is 16.1 Å². The number of hydrogen-bond acceptors (Lipinski definition) is 3. The summed E-state index contributed by atoms with van der Waals surface area (Å²) in [4.78, 5) is 26.7. The van der Waals surface area contributed by atoms with Crippen molar-refractivity contribution in [3.05, 3.63) is 35.9 Å². The van der Waals surface area contributed by atoms with Gasteiger partial charge >= 0.3 is 0 Å². The van der Waals surface area contributed by atoms with Gasteiger partial charge in [-0.15, -0.1) is 0 Å². The van der Waals surface area contributed by atoms with Crippen molar-refractivity contribution in [2.75, 3.05) is 6.54 Å². The van der Waals surface area contributed by atoms with Gasteiger partial charge < -0.3 is 15.5 Å². The van der Waals surface area contributed by atoms with Gasteiger partial charge in [0.25, 0.3) is 0 Å². The molecule has 0 aliphatic carbocycles. The molecular formula is C18H25N3O2. The molecule has 0 unspecified atom stereocenters. The Morgan fingerprint density at radius 3 is 2.70 bits per heavy atom. The predicted molar refractivity (Wildman–Crippen MR) is 88.6 cm³/mol. The Labute approximate surface area is 137 Å². The average molecular weight is 315 g/mol. The number of fused-ring (bicyclic) bond motifs is 1. The average Bonchev–Trinajstić information content (AvgIpc) is 2.96. The summed E-state index contributed by atoms with van der Waals surface area (Å²) in [6, 6.07) is 9.69. The van der Waals surface area contributed by atoms with Gasteiger partial charge in [0.05, 0.1) is 0 Å². The maximum absolute atomic E-state index is 12.6. The molecule has 2 fully saturated rings. The van der Waals surface area contributed by atoms with E-state index in [2.05, 4.69) is 36.6 Å². The molecule has 2 amide bonds. The maximum Gasteiger partial charge on any atom is 0.245 e. The number of hydrogen-bond donors (Lipinski definition) is 2. The van der Waals surface area contributed by atoms with E-state index in [1.165, 1.54) is 5.56 Å². The van der Waals surface area contributed by atoms with Crippen molar-refractivity contribution in [1.82, 2.24) is 15.5 Å². The molecule has 2 aliphatic rings. The van der Waals surface area contributed by atoms with E-state index in [1.807, 2.05) is 18.2 Å². The third kappa shape index (κ3) is 3.55. The number of nitrogens with zero attached hydrogens (tertiary/aromatic N) is 1. The fourth-order valence-electron chi connectivity index (χ4n) is 3.49. The van der Waals surface area contributed by atoms with Gasteiger partial charge in [0.1, 0.15) is 12.1 Å². The van der Waals surface area contributed by atoms with Crippen molar-refractivity contribution < 1.29 is 9.59 Å². The first-order chi connectivity index (χ1) is 11.0. The Bertz CT molecular complexity index is 573. The molecule has 2 saturated heterocycles. The van der Waals surface area contributed by atoms with Crippen LogP contribution in [0.15, 0.2) is 30.3 Å². The Kier molecular flexibility index (Phi) is 4.66. The number of piperazine rings is 1. The monoisotopic (exact) mass is 315 g/mol. The molecule has 0 spiro atoms. The molecule has 0 saturated carbocycles. The number of carbonyl (C=O) groups is 2. The van der Waals surface area contributed by atoms with E-state index in [9.17, 15) is 9.59 Å². The van der Waals surface area contributed by atoms with Gasteiger partial charge in [0.15, 0.2) is 0 Å². The molecule has 2 heterocycles. The first kappa shape index (κ1) is 16.0. The second-order valence-electron chi connectivity index (χ2n) is 7.00. The first-order valence-electron chi connectivity index (χ1n) is 8.42. The molecule has 124 valence electrons. The van der Waals surface area contributed by atoms with Crippen molar-refractivity contribution in [1.29, 1.82) is 0 Å². The number of amides is 2. The molecule has 3 atom stereocenters. The first-order valence-corrected chi connectivity index (χ1v) is 8.42. The molecule has 0 aromatic heterocycles. The number of benzene rings is 1. The molecule has 2 aliphatic heterocycles. The largest absolute Gasteiger partial charge is 0.342 e. The summed E-state index contributed by atoms with van der Waals surface area (Å²) >= 11 is 0. The fourth-order valence-corrected chi connectivity index (χ4v) is 3.49. The van der Waals surface area contributed by atoms with Gasteiger partial charge in [-0.2, -0.15) is 0 Å². The smallest absolute Gasteiger partial charge is 0.245 e. The maximum atomic E-state index is 12.6. The minimum atomic E-state index is -0.355. The summed E-state index contributed by atoms with van der Waals surface area (Å²) in [5.41, 5.74) is 1.21. The second kappa shape index (κ2) is 6.71. The van der Waals surface area contributed by atoms with Crippen LogP contribution in [-0.4, -0.2) is 41.4 Å². The summed E-state index contributed by atoms with van der Waals surface area (Å²) in [5.74, 6) is 0.460. The minimum Gasteiger partial charge on any atom is -0.342 e. The zero-order valence-electron chi connectivity index (χ0n) is 13.8. The van der Waals surface area contributed by atoms with Gasteiger partial charge in [0, 0.05) is 19.1 Å². The van der Waals surface area contributed by atoms with Crippen molar-refractivity contribution in [2.45, 2.75) is 51.4 Å². The highest BCUT2D eigenvalue weighted by Crippen LogP contribution is 2.24. The fraction of sp³-hybridized carbons (Fsp3) is 0.556. The van der Waals surface area contributed by atoms with Gasteiger partial charge in [-0.1, -0.05) is 44.2 Å². The van der Waals surface area contributed by atoms with Crippen molar-refractivity contribution >= 4 is 11.8 Å². The Hall–Kier alpha value is -1.88. The lowest BCUT2D eigenvalue weighted by Crippen LogP contribution is -2.61. The van der Waals surface area contributed by atoms with Crippen LogP contribution in [0.5, 0.6) is 0 Å².